The van der Waals surface area contributed by atoms with Crippen LogP contribution in [0, 0.1) is 16.4 Å². The quantitative estimate of drug-likeness (QED) is 0.812. The number of nitrogens with zero attached hydrogens (tertiary/aromatic N) is 2. The first-order valence-electron chi connectivity index (χ1n) is 4.44. The van der Waals surface area contributed by atoms with Crippen LogP contribution in [0.15, 0.2) is 11.0 Å². The fourth-order valence-corrected chi connectivity index (χ4v) is 1.56. The van der Waals surface area contributed by atoms with Crippen LogP contribution in [-0.4, -0.2) is 15.5 Å². The molecular weight excluding hydrogens is 309 g/mol. The van der Waals surface area contributed by atoms with Gasteiger partial charge in [-0.2, -0.15) is 0 Å². The van der Waals surface area contributed by atoms with Crippen molar-refractivity contribution in [1.29, 1.82) is 0 Å². The second kappa shape index (κ2) is 4.73. The molecule has 15 heavy (non-hydrogen) atoms. The van der Waals surface area contributed by atoms with Gasteiger partial charge in [-0.15, -0.1) is 0 Å². The van der Waals surface area contributed by atoms with Crippen LogP contribution in [-0.2, 0) is 11.3 Å². The maximum absolute atomic E-state index is 11.7. The Labute approximate surface area is 101 Å². The summed E-state index contributed by atoms with van der Waals surface area (Å²) in [4.78, 5) is 26.7. The second-order valence-electron chi connectivity index (χ2n) is 3.37. The van der Waals surface area contributed by atoms with Gasteiger partial charge in [0.2, 0.25) is 5.91 Å². The predicted molar refractivity (Wildman–Crippen MR) is 64.3 cm³/mol. The highest BCUT2D eigenvalue weighted by molar-refractivity contribution is 14.1. The van der Waals surface area contributed by atoms with Crippen molar-refractivity contribution in [1.82, 2.24) is 9.55 Å². The first kappa shape index (κ1) is 12.2. The number of carbonyl (C=O) groups excluding carboxylic acids is 1. The SMILES string of the molecule is Cc1ncc(I)c(=O)n1CC(C)C(N)=O. The Hall–Kier alpha value is -0.920. The molecule has 5 nitrogen and oxygen atoms in total. The Kier molecular flexibility index (Phi) is 3.83. The smallest absolute Gasteiger partial charge is 0.266 e. The van der Waals surface area contributed by atoms with E-state index in [1.807, 2.05) is 22.6 Å². The van der Waals surface area contributed by atoms with E-state index in [1.54, 1.807) is 13.8 Å². The minimum atomic E-state index is -0.417. The van der Waals surface area contributed by atoms with Crippen molar-refractivity contribution in [2.45, 2.75) is 20.4 Å². The van der Waals surface area contributed by atoms with Gasteiger partial charge in [-0.3, -0.25) is 14.2 Å². The first-order valence-corrected chi connectivity index (χ1v) is 5.52. The number of hydrogen-bond acceptors (Lipinski definition) is 3. The lowest BCUT2D eigenvalue weighted by Gasteiger charge is -2.12. The highest BCUT2D eigenvalue weighted by Crippen LogP contribution is 2.02. The minimum absolute atomic E-state index is 0.129. The van der Waals surface area contributed by atoms with E-state index in [2.05, 4.69) is 4.98 Å². The van der Waals surface area contributed by atoms with Gasteiger partial charge in [-0.05, 0) is 29.5 Å². The fourth-order valence-electron chi connectivity index (χ4n) is 1.13. The number of aryl methyl sites for hydroxylation is 1. The van der Waals surface area contributed by atoms with Crippen molar-refractivity contribution in [2.75, 3.05) is 0 Å². The number of halogens is 1. The molecule has 0 aromatic carbocycles. The lowest BCUT2D eigenvalue weighted by atomic mass is 10.1. The molecule has 0 aliphatic rings. The molecule has 0 spiro atoms. The minimum Gasteiger partial charge on any atom is -0.369 e. The van der Waals surface area contributed by atoms with Gasteiger partial charge in [0.15, 0.2) is 0 Å². The third kappa shape index (κ3) is 2.77. The number of carbonyl (C=O) groups is 1. The van der Waals surface area contributed by atoms with Crippen molar-refractivity contribution in [2.24, 2.45) is 11.7 Å². The molecule has 0 aliphatic heterocycles. The Bertz CT molecular complexity index is 441. The number of rotatable bonds is 3. The Morgan fingerprint density at radius 2 is 2.33 bits per heavy atom. The van der Waals surface area contributed by atoms with Crippen LogP contribution in [0.5, 0.6) is 0 Å². The third-order valence-corrected chi connectivity index (χ3v) is 2.89. The van der Waals surface area contributed by atoms with Crippen LogP contribution >= 0.6 is 22.6 Å². The van der Waals surface area contributed by atoms with Gasteiger partial charge in [0, 0.05) is 12.7 Å². The van der Waals surface area contributed by atoms with Crippen molar-refractivity contribution < 1.29 is 4.79 Å². The predicted octanol–water partition coefficient (Wildman–Crippen LogP) is 0.278. The molecule has 1 aromatic rings. The Morgan fingerprint density at radius 3 is 2.87 bits per heavy atom. The van der Waals surface area contributed by atoms with Crippen LogP contribution in [0.4, 0.5) is 0 Å². The number of primary amides is 1. The van der Waals surface area contributed by atoms with Gasteiger partial charge < -0.3 is 5.73 Å². The van der Waals surface area contributed by atoms with Gasteiger partial charge in [0.1, 0.15) is 5.82 Å². The van der Waals surface area contributed by atoms with E-state index in [-0.39, 0.29) is 18.0 Å². The maximum Gasteiger partial charge on any atom is 0.266 e. The van der Waals surface area contributed by atoms with Crippen LogP contribution < -0.4 is 11.3 Å². The van der Waals surface area contributed by atoms with Crippen LogP contribution in [0.3, 0.4) is 0 Å². The van der Waals surface area contributed by atoms with E-state index >= 15 is 0 Å². The number of aromatic nitrogens is 2. The van der Waals surface area contributed by atoms with Crippen molar-refractivity contribution >= 4 is 28.5 Å². The van der Waals surface area contributed by atoms with Crippen LogP contribution in [0.1, 0.15) is 12.7 Å². The molecule has 0 saturated carbocycles. The van der Waals surface area contributed by atoms with E-state index < -0.39 is 5.91 Å². The van der Waals surface area contributed by atoms with E-state index in [9.17, 15) is 9.59 Å². The molecule has 6 heteroatoms. The molecule has 1 aromatic heterocycles. The third-order valence-electron chi connectivity index (χ3n) is 2.15. The van der Waals surface area contributed by atoms with Crippen LogP contribution in [0.2, 0.25) is 0 Å². The van der Waals surface area contributed by atoms with E-state index in [0.717, 1.165) is 0 Å². The van der Waals surface area contributed by atoms with E-state index in [0.29, 0.717) is 9.39 Å². The highest BCUT2D eigenvalue weighted by Gasteiger charge is 2.13. The summed E-state index contributed by atoms with van der Waals surface area (Å²) < 4.78 is 2.01. The summed E-state index contributed by atoms with van der Waals surface area (Å²) in [7, 11) is 0. The summed E-state index contributed by atoms with van der Waals surface area (Å²) >= 11 is 1.92. The van der Waals surface area contributed by atoms with E-state index in [4.69, 9.17) is 5.73 Å². The molecule has 1 atom stereocenters. The summed E-state index contributed by atoms with van der Waals surface area (Å²) in [5.41, 5.74) is 5.02. The zero-order valence-electron chi connectivity index (χ0n) is 8.53. The number of nitrogens with two attached hydrogens (primary N) is 1. The molecule has 0 saturated heterocycles. The maximum atomic E-state index is 11.7. The fraction of sp³-hybridized carbons (Fsp3) is 0.444. The highest BCUT2D eigenvalue weighted by atomic mass is 127. The molecule has 0 aliphatic carbocycles. The molecule has 1 unspecified atom stereocenters. The van der Waals surface area contributed by atoms with Crippen molar-refractivity contribution in [3.8, 4) is 0 Å². The summed E-state index contributed by atoms with van der Waals surface area (Å²) in [6.07, 6.45) is 1.52. The zero-order chi connectivity index (χ0) is 11.6. The van der Waals surface area contributed by atoms with Crippen LogP contribution in [0.25, 0.3) is 0 Å². The average molecular weight is 321 g/mol. The Balaban J connectivity index is 3.09. The molecule has 2 N–H and O–H groups in total. The summed E-state index contributed by atoms with van der Waals surface area (Å²) in [5.74, 6) is -0.199. The molecular formula is C9H12IN3O2. The zero-order valence-corrected chi connectivity index (χ0v) is 10.7. The van der Waals surface area contributed by atoms with Gasteiger partial charge in [-0.25, -0.2) is 4.98 Å². The molecule has 1 rings (SSSR count). The second-order valence-corrected chi connectivity index (χ2v) is 4.53. The van der Waals surface area contributed by atoms with Crippen molar-refractivity contribution in [3.63, 3.8) is 0 Å². The monoisotopic (exact) mass is 321 g/mol. The van der Waals surface area contributed by atoms with Gasteiger partial charge >= 0.3 is 0 Å². The standard InChI is InChI=1S/C9H12IN3O2/c1-5(8(11)14)4-13-6(2)12-3-7(10)9(13)15/h3,5H,4H2,1-2H3,(H2,11,14). The first-order chi connectivity index (χ1) is 6.93. The molecule has 0 bridgehead atoms. The van der Waals surface area contributed by atoms with Gasteiger partial charge in [0.25, 0.3) is 5.56 Å². The molecule has 0 fully saturated rings. The Morgan fingerprint density at radius 1 is 1.73 bits per heavy atom. The lowest BCUT2D eigenvalue weighted by molar-refractivity contribution is -0.121. The van der Waals surface area contributed by atoms with Gasteiger partial charge in [-0.1, -0.05) is 6.92 Å². The topological polar surface area (TPSA) is 78.0 Å². The molecule has 0 radical (unpaired) electrons. The molecule has 1 heterocycles. The normalized spacial score (nSPS) is 12.5. The molecule has 82 valence electrons. The average Bonchev–Trinajstić information content (AvgIpc) is 2.18. The van der Waals surface area contributed by atoms with Crippen molar-refractivity contribution in [3.05, 3.63) is 25.9 Å². The van der Waals surface area contributed by atoms with E-state index in [1.165, 1.54) is 10.8 Å². The lowest BCUT2D eigenvalue weighted by Crippen LogP contribution is -2.32. The number of hydrogen-bond donors (Lipinski definition) is 1. The van der Waals surface area contributed by atoms with Gasteiger partial charge in [0.05, 0.1) is 9.49 Å². The summed E-state index contributed by atoms with van der Waals surface area (Å²) in [6, 6.07) is 0. The summed E-state index contributed by atoms with van der Waals surface area (Å²) in [5, 5.41) is 0. The number of amides is 1. The largest absolute Gasteiger partial charge is 0.369 e. The summed E-state index contributed by atoms with van der Waals surface area (Å²) in [6.45, 7) is 3.70. The molecule has 1 amide bonds.